The lowest BCUT2D eigenvalue weighted by molar-refractivity contribution is -0.124. The van der Waals surface area contributed by atoms with Gasteiger partial charge in [0.15, 0.2) is 0 Å². The van der Waals surface area contributed by atoms with Crippen molar-refractivity contribution in [3.05, 3.63) is 64.2 Å². The quantitative estimate of drug-likeness (QED) is 0.822. The standard InChI is InChI=1S/C18H16ClNO3S/c1-11-2-6-15(7-3-11)24(22,23)20-17(21)9-13-8-12-4-5-14(19)10-16(12)18(13)20/h2-7,10,13,18H,8-9H2,1H3/t13-,18+/m1/s1. The number of halogens is 1. The minimum Gasteiger partial charge on any atom is -0.274 e. The van der Waals surface area contributed by atoms with Crippen molar-refractivity contribution >= 4 is 27.5 Å². The van der Waals surface area contributed by atoms with Crippen molar-refractivity contribution in [1.82, 2.24) is 4.31 Å². The third-order valence-electron chi connectivity index (χ3n) is 4.87. The first kappa shape index (κ1) is 15.7. The van der Waals surface area contributed by atoms with Gasteiger partial charge in [0.1, 0.15) is 0 Å². The highest BCUT2D eigenvalue weighted by Gasteiger charge is 2.50. The van der Waals surface area contributed by atoms with Gasteiger partial charge in [-0.15, -0.1) is 0 Å². The van der Waals surface area contributed by atoms with Gasteiger partial charge in [-0.05, 0) is 54.7 Å². The number of rotatable bonds is 2. The van der Waals surface area contributed by atoms with E-state index in [0.717, 1.165) is 21.0 Å². The number of carbonyl (C=O) groups excluding carboxylic acids is 1. The minimum absolute atomic E-state index is 0.00816. The molecule has 2 aromatic carbocycles. The normalized spacial score (nSPS) is 22.6. The molecular weight excluding hydrogens is 346 g/mol. The van der Waals surface area contributed by atoms with Crippen LogP contribution in [0.15, 0.2) is 47.4 Å². The number of hydrogen-bond donors (Lipinski definition) is 0. The van der Waals surface area contributed by atoms with E-state index in [1.54, 1.807) is 30.3 Å². The van der Waals surface area contributed by atoms with E-state index in [1.165, 1.54) is 0 Å². The predicted molar refractivity (Wildman–Crippen MR) is 91.2 cm³/mol. The summed E-state index contributed by atoms with van der Waals surface area (Å²) in [5, 5.41) is 0.557. The zero-order valence-electron chi connectivity index (χ0n) is 13.1. The summed E-state index contributed by atoms with van der Waals surface area (Å²) in [6, 6.07) is 11.7. The second kappa shape index (κ2) is 5.33. The second-order valence-corrected chi connectivity index (χ2v) is 8.72. The van der Waals surface area contributed by atoms with Gasteiger partial charge in [-0.25, -0.2) is 12.7 Å². The summed E-state index contributed by atoms with van der Waals surface area (Å²) in [7, 11) is -3.87. The zero-order valence-corrected chi connectivity index (χ0v) is 14.6. The highest BCUT2D eigenvalue weighted by molar-refractivity contribution is 7.89. The van der Waals surface area contributed by atoms with Crippen LogP contribution in [0.3, 0.4) is 0 Å². The van der Waals surface area contributed by atoms with Crippen molar-refractivity contribution < 1.29 is 13.2 Å². The van der Waals surface area contributed by atoms with E-state index in [2.05, 4.69) is 0 Å². The molecule has 1 amide bonds. The number of sulfonamides is 1. The topological polar surface area (TPSA) is 54.5 Å². The fourth-order valence-corrected chi connectivity index (χ4v) is 5.57. The van der Waals surface area contributed by atoms with Crippen LogP contribution in [0.4, 0.5) is 0 Å². The van der Waals surface area contributed by atoms with Crippen LogP contribution in [-0.4, -0.2) is 18.6 Å². The number of fused-ring (bicyclic) bond motifs is 3. The Hall–Kier alpha value is -1.85. The third-order valence-corrected chi connectivity index (χ3v) is 6.92. The van der Waals surface area contributed by atoms with Gasteiger partial charge >= 0.3 is 0 Å². The molecule has 2 aliphatic rings. The molecule has 0 unspecified atom stereocenters. The largest absolute Gasteiger partial charge is 0.274 e. The highest BCUT2D eigenvalue weighted by atomic mass is 35.5. The van der Waals surface area contributed by atoms with Gasteiger partial charge in [0, 0.05) is 11.4 Å². The van der Waals surface area contributed by atoms with Crippen molar-refractivity contribution in [1.29, 1.82) is 0 Å². The number of aryl methyl sites for hydroxylation is 1. The molecule has 4 rings (SSSR count). The molecular formula is C18H16ClNO3S. The molecule has 0 aromatic heterocycles. The lowest BCUT2D eigenvalue weighted by atomic mass is 10.0. The van der Waals surface area contributed by atoms with E-state index < -0.39 is 16.1 Å². The molecule has 2 aromatic rings. The van der Waals surface area contributed by atoms with E-state index in [0.29, 0.717) is 11.4 Å². The Bertz CT molecular complexity index is 937. The number of carbonyl (C=O) groups is 1. The smallest absolute Gasteiger partial charge is 0.267 e. The Morgan fingerprint density at radius 3 is 2.50 bits per heavy atom. The van der Waals surface area contributed by atoms with Gasteiger partial charge in [-0.1, -0.05) is 35.4 Å². The summed E-state index contributed by atoms with van der Waals surface area (Å²) in [5.74, 6) is -0.345. The summed E-state index contributed by atoms with van der Waals surface area (Å²) in [5.41, 5.74) is 2.90. The lowest BCUT2D eigenvalue weighted by Gasteiger charge is -2.25. The predicted octanol–water partition coefficient (Wildman–Crippen LogP) is 3.48. The fraction of sp³-hybridized carbons (Fsp3) is 0.278. The van der Waals surface area contributed by atoms with E-state index in [1.807, 2.05) is 19.1 Å². The third kappa shape index (κ3) is 2.26. The first-order valence-electron chi connectivity index (χ1n) is 7.80. The highest BCUT2D eigenvalue weighted by Crippen LogP contribution is 2.49. The van der Waals surface area contributed by atoms with E-state index in [-0.39, 0.29) is 23.1 Å². The van der Waals surface area contributed by atoms with Gasteiger partial charge < -0.3 is 0 Å². The summed E-state index contributed by atoms with van der Waals surface area (Å²) < 4.78 is 27.2. The molecule has 1 aliphatic heterocycles. The maximum absolute atomic E-state index is 13.1. The van der Waals surface area contributed by atoms with Gasteiger partial charge in [-0.3, -0.25) is 4.79 Å². The molecule has 0 N–H and O–H groups in total. The molecule has 6 heteroatoms. The number of nitrogens with zero attached hydrogens (tertiary/aromatic N) is 1. The molecule has 0 saturated carbocycles. The summed E-state index contributed by atoms with van der Waals surface area (Å²) in [4.78, 5) is 12.6. The number of amides is 1. The Balaban J connectivity index is 1.82. The minimum atomic E-state index is -3.87. The molecule has 2 atom stereocenters. The van der Waals surface area contributed by atoms with Crippen LogP contribution in [0.5, 0.6) is 0 Å². The first-order chi connectivity index (χ1) is 11.4. The zero-order chi connectivity index (χ0) is 17.1. The molecule has 0 radical (unpaired) electrons. The number of benzene rings is 2. The van der Waals surface area contributed by atoms with Crippen LogP contribution in [-0.2, 0) is 21.2 Å². The Kier molecular flexibility index (Phi) is 3.48. The van der Waals surface area contributed by atoms with Crippen LogP contribution in [0.1, 0.15) is 29.2 Å². The van der Waals surface area contributed by atoms with Crippen molar-refractivity contribution in [2.24, 2.45) is 5.92 Å². The molecule has 4 nitrogen and oxygen atoms in total. The number of hydrogen-bond acceptors (Lipinski definition) is 3. The Morgan fingerprint density at radius 2 is 1.79 bits per heavy atom. The van der Waals surface area contributed by atoms with Gasteiger partial charge in [0.05, 0.1) is 10.9 Å². The average molecular weight is 362 g/mol. The Labute approximate surface area is 146 Å². The molecule has 124 valence electrons. The molecule has 1 saturated heterocycles. The van der Waals surface area contributed by atoms with E-state index >= 15 is 0 Å². The molecule has 24 heavy (non-hydrogen) atoms. The SMILES string of the molecule is Cc1ccc(S(=O)(=O)N2C(=O)C[C@H]3Cc4ccc(Cl)cc4[C@H]32)cc1. The van der Waals surface area contributed by atoms with Gasteiger partial charge in [-0.2, -0.15) is 0 Å². The molecule has 1 fully saturated rings. The van der Waals surface area contributed by atoms with Crippen LogP contribution in [0.2, 0.25) is 5.02 Å². The summed E-state index contributed by atoms with van der Waals surface area (Å²) in [6.07, 6.45) is 0.963. The maximum Gasteiger partial charge on any atom is 0.267 e. The van der Waals surface area contributed by atoms with Crippen molar-refractivity contribution in [3.8, 4) is 0 Å². The molecule has 0 spiro atoms. The van der Waals surface area contributed by atoms with E-state index in [4.69, 9.17) is 11.6 Å². The average Bonchev–Trinajstić information content (AvgIpc) is 3.02. The molecule has 1 aliphatic carbocycles. The summed E-state index contributed by atoms with van der Waals surface area (Å²) >= 11 is 6.09. The molecule has 1 heterocycles. The van der Waals surface area contributed by atoms with Crippen molar-refractivity contribution in [2.75, 3.05) is 0 Å². The maximum atomic E-state index is 13.1. The van der Waals surface area contributed by atoms with E-state index in [9.17, 15) is 13.2 Å². The first-order valence-corrected chi connectivity index (χ1v) is 9.62. The van der Waals surface area contributed by atoms with Crippen LogP contribution in [0.25, 0.3) is 0 Å². The van der Waals surface area contributed by atoms with Crippen molar-refractivity contribution in [2.45, 2.75) is 30.7 Å². The fourth-order valence-electron chi connectivity index (χ4n) is 3.75. The monoisotopic (exact) mass is 361 g/mol. The van der Waals surface area contributed by atoms with Crippen LogP contribution >= 0.6 is 11.6 Å². The Morgan fingerprint density at radius 1 is 1.08 bits per heavy atom. The van der Waals surface area contributed by atoms with Gasteiger partial charge in [0.2, 0.25) is 5.91 Å². The van der Waals surface area contributed by atoms with Gasteiger partial charge in [0.25, 0.3) is 10.0 Å². The molecule has 0 bridgehead atoms. The second-order valence-electron chi connectivity index (χ2n) is 6.46. The van der Waals surface area contributed by atoms with Crippen LogP contribution in [0, 0.1) is 12.8 Å². The summed E-state index contributed by atoms with van der Waals surface area (Å²) in [6.45, 7) is 1.89. The van der Waals surface area contributed by atoms with Crippen molar-refractivity contribution in [3.63, 3.8) is 0 Å². The lowest BCUT2D eigenvalue weighted by Crippen LogP contribution is -2.34. The van der Waals surface area contributed by atoms with Crippen LogP contribution < -0.4 is 0 Å².